The van der Waals surface area contributed by atoms with Crippen LogP contribution in [0, 0.1) is 0 Å². The number of hydrogen-bond donors (Lipinski definition) is 0. The van der Waals surface area contributed by atoms with Crippen LogP contribution in [0.15, 0.2) is 12.0 Å². The van der Waals surface area contributed by atoms with E-state index >= 15 is 0 Å². The Hall–Kier alpha value is -0.630. The maximum atomic E-state index is 4.63. The highest BCUT2D eigenvalue weighted by molar-refractivity contribution is 7.10. The van der Waals surface area contributed by atoms with Gasteiger partial charge in [-0.2, -0.15) is 0 Å². The van der Waals surface area contributed by atoms with Gasteiger partial charge in [0.1, 0.15) is 5.01 Å². The van der Waals surface area contributed by atoms with Gasteiger partial charge in [0, 0.05) is 5.38 Å². The zero-order chi connectivity index (χ0) is 12.0. The topological polar surface area (TPSA) is 12.9 Å². The summed E-state index contributed by atoms with van der Waals surface area (Å²) in [6.45, 7) is 10.5. The molecule has 0 bridgehead atoms. The molecule has 0 N–H and O–H groups in total. The third kappa shape index (κ3) is 4.09. The molecule has 1 rings (SSSR count). The molecule has 0 aliphatic rings. The zero-order valence-electron chi connectivity index (χ0n) is 10.8. The molecule has 90 valence electrons. The smallest absolute Gasteiger partial charge is 0.118 e. The lowest BCUT2D eigenvalue weighted by Crippen LogP contribution is -1.94. The van der Waals surface area contributed by atoms with Crippen molar-refractivity contribution < 1.29 is 0 Å². The van der Waals surface area contributed by atoms with Crippen LogP contribution in [0.4, 0.5) is 0 Å². The normalized spacial score (nSPS) is 12.7. The van der Waals surface area contributed by atoms with Crippen molar-refractivity contribution in [3.63, 3.8) is 0 Å². The van der Waals surface area contributed by atoms with E-state index in [1.54, 1.807) is 11.3 Å². The Morgan fingerprint density at radius 1 is 1.44 bits per heavy atom. The molecular weight excluding hydrogens is 214 g/mol. The average Bonchev–Trinajstić information content (AvgIpc) is 2.73. The van der Waals surface area contributed by atoms with E-state index in [9.17, 15) is 0 Å². The lowest BCUT2D eigenvalue weighted by Gasteiger charge is -2.07. The summed E-state index contributed by atoms with van der Waals surface area (Å²) in [5.74, 6) is 0.598. The van der Waals surface area contributed by atoms with Crippen LogP contribution in [-0.2, 0) is 0 Å². The minimum absolute atomic E-state index is 0.598. The summed E-state index contributed by atoms with van der Waals surface area (Å²) in [5, 5.41) is 3.28. The molecule has 0 spiro atoms. The first kappa shape index (κ1) is 13.4. The van der Waals surface area contributed by atoms with Crippen LogP contribution >= 0.6 is 11.3 Å². The van der Waals surface area contributed by atoms with Gasteiger partial charge >= 0.3 is 0 Å². The second-order valence-electron chi connectivity index (χ2n) is 4.61. The quantitative estimate of drug-likeness (QED) is 0.590. The number of nitrogens with zero attached hydrogens (tertiary/aromatic N) is 1. The van der Waals surface area contributed by atoms with Gasteiger partial charge in [-0.1, -0.05) is 46.1 Å². The highest BCUT2D eigenvalue weighted by Gasteiger charge is 2.09. The summed E-state index contributed by atoms with van der Waals surface area (Å²) in [6, 6.07) is 0. The van der Waals surface area contributed by atoms with Gasteiger partial charge in [-0.05, 0) is 24.8 Å². The van der Waals surface area contributed by atoms with Crippen molar-refractivity contribution in [1.29, 1.82) is 0 Å². The summed E-state index contributed by atoms with van der Waals surface area (Å²) >= 11 is 1.72. The van der Waals surface area contributed by atoms with Gasteiger partial charge in [0.25, 0.3) is 0 Å². The van der Waals surface area contributed by atoms with Gasteiger partial charge in [-0.25, -0.2) is 4.98 Å². The summed E-state index contributed by atoms with van der Waals surface area (Å²) in [4.78, 5) is 4.63. The second-order valence-corrected chi connectivity index (χ2v) is 5.47. The van der Waals surface area contributed by atoms with Gasteiger partial charge in [0.15, 0.2) is 0 Å². The highest BCUT2D eigenvalue weighted by atomic mass is 32.1. The van der Waals surface area contributed by atoms with Crippen molar-refractivity contribution in [1.82, 2.24) is 4.98 Å². The Labute approximate surface area is 104 Å². The number of hydrogen-bond acceptors (Lipinski definition) is 2. The van der Waals surface area contributed by atoms with Gasteiger partial charge < -0.3 is 0 Å². The molecule has 1 aromatic heterocycles. The molecular formula is C14H23NS. The number of thiazole rings is 1. The monoisotopic (exact) mass is 237 g/mol. The molecule has 1 aromatic rings. The Kier molecular flexibility index (Phi) is 5.75. The number of rotatable bonds is 7. The third-order valence-corrected chi connectivity index (χ3v) is 3.90. The minimum Gasteiger partial charge on any atom is -0.241 e. The van der Waals surface area contributed by atoms with Crippen molar-refractivity contribution in [2.45, 2.75) is 58.8 Å². The fourth-order valence-electron chi connectivity index (χ4n) is 1.73. The molecule has 1 heterocycles. The standard InChI is InChI=1S/C14H23NS/c1-5-6-7-8-9-12(4)13-10-16-14(15-13)11(2)3/h10,12H,2,5-9H2,1,3-4H3. The van der Waals surface area contributed by atoms with Crippen LogP contribution in [0.1, 0.15) is 69.5 Å². The molecule has 16 heavy (non-hydrogen) atoms. The van der Waals surface area contributed by atoms with Crippen molar-refractivity contribution in [2.75, 3.05) is 0 Å². The summed E-state index contributed by atoms with van der Waals surface area (Å²) in [7, 11) is 0. The first-order valence-corrected chi connectivity index (χ1v) is 7.14. The van der Waals surface area contributed by atoms with Crippen molar-refractivity contribution in [3.05, 3.63) is 22.7 Å². The Balaban J connectivity index is 2.40. The molecule has 0 aromatic carbocycles. The fraction of sp³-hybridized carbons (Fsp3) is 0.643. The van der Waals surface area contributed by atoms with E-state index in [4.69, 9.17) is 0 Å². The van der Waals surface area contributed by atoms with Crippen LogP contribution in [-0.4, -0.2) is 4.98 Å². The SMILES string of the molecule is C=C(C)c1nc(C(C)CCCCCC)cs1. The number of unbranched alkanes of at least 4 members (excludes halogenated alkanes) is 3. The maximum absolute atomic E-state index is 4.63. The molecule has 1 unspecified atom stereocenters. The van der Waals surface area contributed by atoms with E-state index < -0.39 is 0 Å². The molecule has 1 atom stereocenters. The van der Waals surface area contributed by atoms with Crippen LogP contribution in [0.25, 0.3) is 5.57 Å². The van der Waals surface area contributed by atoms with Gasteiger partial charge in [-0.15, -0.1) is 11.3 Å². The van der Waals surface area contributed by atoms with E-state index in [1.807, 2.05) is 6.92 Å². The van der Waals surface area contributed by atoms with Crippen LogP contribution in [0.5, 0.6) is 0 Å². The van der Waals surface area contributed by atoms with Gasteiger partial charge in [0.2, 0.25) is 0 Å². The maximum Gasteiger partial charge on any atom is 0.118 e. The molecule has 0 amide bonds. The summed E-state index contributed by atoms with van der Waals surface area (Å²) in [5.41, 5.74) is 2.33. The van der Waals surface area contributed by atoms with E-state index in [2.05, 4.69) is 30.8 Å². The molecule has 0 aliphatic heterocycles. The second kappa shape index (κ2) is 6.85. The third-order valence-electron chi connectivity index (χ3n) is 2.88. The molecule has 0 radical (unpaired) electrons. The van der Waals surface area contributed by atoms with Crippen LogP contribution < -0.4 is 0 Å². The molecule has 2 heteroatoms. The predicted octanol–water partition coefficient (Wildman–Crippen LogP) is 5.25. The highest BCUT2D eigenvalue weighted by Crippen LogP contribution is 2.26. The first-order chi connectivity index (χ1) is 7.65. The van der Waals surface area contributed by atoms with E-state index in [1.165, 1.54) is 37.8 Å². The average molecular weight is 237 g/mol. The van der Waals surface area contributed by atoms with Gasteiger partial charge in [-0.3, -0.25) is 0 Å². The van der Waals surface area contributed by atoms with E-state index in [-0.39, 0.29) is 0 Å². The summed E-state index contributed by atoms with van der Waals surface area (Å²) in [6.07, 6.45) is 6.62. The minimum atomic E-state index is 0.598. The summed E-state index contributed by atoms with van der Waals surface area (Å²) < 4.78 is 0. The Morgan fingerprint density at radius 2 is 2.19 bits per heavy atom. The molecule has 0 saturated carbocycles. The Morgan fingerprint density at radius 3 is 2.75 bits per heavy atom. The molecule has 0 fully saturated rings. The molecule has 0 aliphatic carbocycles. The largest absolute Gasteiger partial charge is 0.241 e. The number of allylic oxidation sites excluding steroid dienone is 1. The van der Waals surface area contributed by atoms with E-state index in [0.29, 0.717) is 5.92 Å². The van der Waals surface area contributed by atoms with Crippen molar-refractivity contribution in [3.8, 4) is 0 Å². The van der Waals surface area contributed by atoms with Crippen LogP contribution in [0.3, 0.4) is 0 Å². The van der Waals surface area contributed by atoms with Crippen LogP contribution in [0.2, 0.25) is 0 Å². The zero-order valence-corrected chi connectivity index (χ0v) is 11.6. The first-order valence-electron chi connectivity index (χ1n) is 6.26. The number of aromatic nitrogens is 1. The predicted molar refractivity (Wildman–Crippen MR) is 74.0 cm³/mol. The lowest BCUT2D eigenvalue weighted by molar-refractivity contribution is 0.573. The van der Waals surface area contributed by atoms with E-state index in [0.717, 1.165) is 10.6 Å². The molecule has 0 saturated heterocycles. The Bertz CT molecular complexity index is 327. The lowest BCUT2D eigenvalue weighted by atomic mass is 10.0. The molecule has 1 nitrogen and oxygen atoms in total. The van der Waals surface area contributed by atoms with Crippen molar-refractivity contribution in [2.24, 2.45) is 0 Å². The fourth-order valence-corrected chi connectivity index (χ4v) is 2.61. The van der Waals surface area contributed by atoms with Crippen molar-refractivity contribution >= 4 is 16.9 Å². The van der Waals surface area contributed by atoms with Gasteiger partial charge in [0.05, 0.1) is 5.69 Å².